The molecular formula is C16H16N2OS. The number of hydrogen-bond donors (Lipinski definition) is 1. The zero-order chi connectivity index (χ0) is 13.5. The number of imidazole rings is 1. The molecule has 0 saturated heterocycles. The minimum absolute atomic E-state index is 0.420. The number of methoxy groups -OCH3 is 1. The van der Waals surface area contributed by atoms with Crippen LogP contribution in [0, 0.1) is 0 Å². The van der Waals surface area contributed by atoms with Gasteiger partial charge in [0.05, 0.1) is 18.1 Å². The van der Waals surface area contributed by atoms with Crippen molar-refractivity contribution >= 4 is 22.4 Å². The summed E-state index contributed by atoms with van der Waals surface area (Å²) < 4.78 is 5.27. The fraction of sp³-hybridized carbons (Fsp3) is 0.312. The third-order valence-corrected chi connectivity index (χ3v) is 5.09. The molecule has 4 heteroatoms. The van der Waals surface area contributed by atoms with Gasteiger partial charge < -0.3 is 9.72 Å². The number of benzene rings is 1. The number of hydrogen-bond acceptors (Lipinski definition) is 3. The number of fused-ring (bicyclic) bond motifs is 2. The van der Waals surface area contributed by atoms with Crippen molar-refractivity contribution in [2.45, 2.75) is 25.2 Å². The van der Waals surface area contributed by atoms with Crippen molar-refractivity contribution in [3.05, 3.63) is 45.9 Å². The van der Waals surface area contributed by atoms with Crippen LogP contribution >= 0.6 is 11.3 Å². The van der Waals surface area contributed by atoms with E-state index < -0.39 is 0 Å². The lowest BCUT2D eigenvalue weighted by molar-refractivity contribution is 0.415. The highest BCUT2D eigenvalue weighted by Crippen LogP contribution is 2.38. The molecule has 0 bridgehead atoms. The van der Waals surface area contributed by atoms with Crippen molar-refractivity contribution in [2.24, 2.45) is 0 Å². The lowest BCUT2D eigenvalue weighted by Crippen LogP contribution is -2.09. The average molecular weight is 284 g/mol. The molecule has 2 heterocycles. The molecule has 20 heavy (non-hydrogen) atoms. The first-order valence-corrected chi connectivity index (χ1v) is 7.83. The van der Waals surface area contributed by atoms with Crippen molar-refractivity contribution in [3.63, 3.8) is 0 Å². The number of ether oxygens (including phenoxy) is 1. The molecule has 1 aliphatic carbocycles. The standard InChI is InChI=1S/C16H16N2OS/c1-19-10-5-6-13-14(9-10)18-16(17-13)12-3-2-4-15-11(12)7-8-20-15/h5-9,12H,2-4H2,1H3,(H,17,18). The van der Waals surface area contributed by atoms with E-state index >= 15 is 0 Å². The second-order valence-electron chi connectivity index (χ2n) is 5.25. The number of aromatic nitrogens is 2. The van der Waals surface area contributed by atoms with Gasteiger partial charge in [0, 0.05) is 16.9 Å². The average Bonchev–Trinajstić information content (AvgIpc) is 3.12. The van der Waals surface area contributed by atoms with Gasteiger partial charge in [-0.3, -0.25) is 0 Å². The van der Waals surface area contributed by atoms with Gasteiger partial charge in [0.2, 0.25) is 0 Å². The first-order valence-electron chi connectivity index (χ1n) is 6.95. The number of thiophene rings is 1. The zero-order valence-corrected chi connectivity index (χ0v) is 12.2. The highest BCUT2D eigenvalue weighted by Gasteiger charge is 2.25. The Morgan fingerprint density at radius 2 is 2.30 bits per heavy atom. The Labute approximate surface area is 121 Å². The van der Waals surface area contributed by atoms with Crippen LogP contribution in [0.3, 0.4) is 0 Å². The highest BCUT2D eigenvalue weighted by atomic mass is 32.1. The molecule has 1 aromatic carbocycles. The van der Waals surface area contributed by atoms with Gasteiger partial charge in [-0.15, -0.1) is 11.3 Å². The first kappa shape index (κ1) is 12.0. The lowest BCUT2D eigenvalue weighted by Gasteiger charge is -2.20. The SMILES string of the molecule is COc1ccc2nc(C3CCCc4sccc43)[nH]c2c1. The van der Waals surface area contributed by atoms with Crippen LogP contribution in [0.5, 0.6) is 5.75 Å². The van der Waals surface area contributed by atoms with E-state index in [9.17, 15) is 0 Å². The van der Waals surface area contributed by atoms with E-state index in [1.807, 2.05) is 29.5 Å². The van der Waals surface area contributed by atoms with Gasteiger partial charge in [0.1, 0.15) is 11.6 Å². The molecule has 2 aromatic heterocycles. The summed E-state index contributed by atoms with van der Waals surface area (Å²) in [6.45, 7) is 0. The topological polar surface area (TPSA) is 37.9 Å². The summed E-state index contributed by atoms with van der Waals surface area (Å²) in [4.78, 5) is 9.80. The number of nitrogens with zero attached hydrogens (tertiary/aromatic N) is 1. The van der Waals surface area contributed by atoms with Gasteiger partial charge in [0.15, 0.2) is 0 Å². The molecule has 1 unspecified atom stereocenters. The van der Waals surface area contributed by atoms with E-state index in [1.165, 1.54) is 29.7 Å². The van der Waals surface area contributed by atoms with Crippen molar-refractivity contribution in [3.8, 4) is 5.75 Å². The summed E-state index contributed by atoms with van der Waals surface area (Å²) in [6, 6.07) is 8.26. The fourth-order valence-electron chi connectivity index (χ4n) is 3.07. The Morgan fingerprint density at radius 1 is 1.35 bits per heavy atom. The third-order valence-electron chi connectivity index (χ3n) is 4.09. The highest BCUT2D eigenvalue weighted by molar-refractivity contribution is 7.10. The summed E-state index contributed by atoms with van der Waals surface area (Å²) in [6.07, 6.45) is 3.65. The summed E-state index contributed by atoms with van der Waals surface area (Å²) in [5, 5.41) is 2.20. The molecule has 0 aliphatic heterocycles. The quantitative estimate of drug-likeness (QED) is 0.769. The predicted octanol–water partition coefficient (Wildman–Crippen LogP) is 4.10. The molecule has 1 N–H and O–H groups in total. The summed E-state index contributed by atoms with van der Waals surface area (Å²) >= 11 is 1.88. The Morgan fingerprint density at radius 3 is 3.20 bits per heavy atom. The van der Waals surface area contributed by atoms with Crippen molar-refractivity contribution in [1.29, 1.82) is 0 Å². The minimum Gasteiger partial charge on any atom is -0.497 e. The van der Waals surface area contributed by atoms with Crippen LogP contribution in [0.2, 0.25) is 0 Å². The van der Waals surface area contributed by atoms with E-state index in [0.29, 0.717) is 5.92 Å². The molecule has 4 rings (SSSR count). The van der Waals surface area contributed by atoms with Gasteiger partial charge >= 0.3 is 0 Å². The number of aryl methyl sites for hydroxylation is 1. The molecule has 0 radical (unpaired) electrons. The van der Waals surface area contributed by atoms with Crippen LogP contribution in [0.25, 0.3) is 11.0 Å². The summed E-state index contributed by atoms with van der Waals surface area (Å²) in [7, 11) is 1.69. The van der Waals surface area contributed by atoms with E-state index in [-0.39, 0.29) is 0 Å². The molecule has 0 spiro atoms. The van der Waals surface area contributed by atoms with Crippen LogP contribution < -0.4 is 4.74 Å². The van der Waals surface area contributed by atoms with Crippen LogP contribution in [-0.4, -0.2) is 17.1 Å². The largest absolute Gasteiger partial charge is 0.497 e. The maximum Gasteiger partial charge on any atom is 0.121 e. The van der Waals surface area contributed by atoms with Crippen molar-refractivity contribution < 1.29 is 4.74 Å². The number of H-pyrrole nitrogens is 1. The third kappa shape index (κ3) is 1.83. The Bertz CT molecular complexity index is 759. The van der Waals surface area contributed by atoms with Crippen LogP contribution in [0.1, 0.15) is 35.0 Å². The molecule has 0 saturated carbocycles. The van der Waals surface area contributed by atoms with Crippen LogP contribution in [0.15, 0.2) is 29.6 Å². The van der Waals surface area contributed by atoms with E-state index in [2.05, 4.69) is 16.4 Å². The minimum atomic E-state index is 0.420. The van der Waals surface area contributed by atoms with Gasteiger partial charge in [-0.1, -0.05) is 0 Å². The molecular weight excluding hydrogens is 268 g/mol. The molecule has 1 aliphatic rings. The van der Waals surface area contributed by atoms with Gasteiger partial charge in [-0.05, 0) is 48.4 Å². The lowest BCUT2D eigenvalue weighted by atomic mass is 9.87. The molecule has 3 aromatic rings. The first-order chi connectivity index (χ1) is 9.85. The van der Waals surface area contributed by atoms with Gasteiger partial charge in [0.25, 0.3) is 0 Å². The smallest absolute Gasteiger partial charge is 0.121 e. The normalized spacial score (nSPS) is 18.1. The Kier molecular flexibility index (Phi) is 2.77. The van der Waals surface area contributed by atoms with Gasteiger partial charge in [-0.2, -0.15) is 0 Å². The van der Waals surface area contributed by atoms with Crippen LogP contribution in [-0.2, 0) is 6.42 Å². The van der Waals surface area contributed by atoms with Crippen molar-refractivity contribution in [1.82, 2.24) is 9.97 Å². The molecule has 0 fully saturated rings. The van der Waals surface area contributed by atoms with Crippen molar-refractivity contribution in [2.75, 3.05) is 7.11 Å². The number of aromatic amines is 1. The Hall–Kier alpha value is -1.81. The van der Waals surface area contributed by atoms with Crippen LogP contribution in [0.4, 0.5) is 0 Å². The molecule has 102 valence electrons. The van der Waals surface area contributed by atoms with Gasteiger partial charge in [-0.25, -0.2) is 4.98 Å². The number of nitrogens with one attached hydrogen (secondary N) is 1. The maximum atomic E-state index is 5.27. The second kappa shape index (κ2) is 4.63. The second-order valence-corrected chi connectivity index (χ2v) is 6.25. The summed E-state index contributed by atoms with van der Waals surface area (Å²) in [5.74, 6) is 2.38. The molecule has 3 nitrogen and oxygen atoms in total. The predicted molar refractivity (Wildman–Crippen MR) is 81.7 cm³/mol. The maximum absolute atomic E-state index is 5.27. The fourth-order valence-corrected chi connectivity index (χ4v) is 4.06. The molecule has 0 amide bonds. The summed E-state index contributed by atoms with van der Waals surface area (Å²) in [5.41, 5.74) is 3.54. The number of rotatable bonds is 2. The zero-order valence-electron chi connectivity index (χ0n) is 11.3. The molecule has 1 atom stereocenters. The monoisotopic (exact) mass is 284 g/mol. The Balaban J connectivity index is 1.80. The van der Waals surface area contributed by atoms with E-state index in [0.717, 1.165) is 22.6 Å². The van der Waals surface area contributed by atoms with E-state index in [4.69, 9.17) is 9.72 Å². The van der Waals surface area contributed by atoms with E-state index in [1.54, 1.807) is 7.11 Å².